The van der Waals surface area contributed by atoms with Gasteiger partial charge < -0.3 is 10.6 Å². The summed E-state index contributed by atoms with van der Waals surface area (Å²) in [6.45, 7) is 6.49. The maximum atomic E-state index is 11.6. The Hall–Kier alpha value is -1.13. The van der Waals surface area contributed by atoms with E-state index in [0.717, 1.165) is 10.0 Å². The fourth-order valence-electron chi connectivity index (χ4n) is 1.44. The second-order valence-corrected chi connectivity index (χ2v) is 4.68. The molecule has 0 bridgehead atoms. The Morgan fingerprint density at radius 3 is 3.00 bits per heavy atom. The zero-order valence-electron chi connectivity index (χ0n) is 9.87. The Morgan fingerprint density at radius 2 is 2.35 bits per heavy atom. The molecule has 92 valence electrons. The van der Waals surface area contributed by atoms with Gasteiger partial charge in [-0.15, -0.1) is 6.58 Å². The summed E-state index contributed by atoms with van der Waals surface area (Å²) in [5.74, 6) is -0.0145. The van der Waals surface area contributed by atoms with Crippen LogP contribution in [-0.4, -0.2) is 19.0 Å². The molecule has 0 aliphatic carbocycles. The third-order valence-corrected chi connectivity index (χ3v) is 2.79. The first-order chi connectivity index (χ1) is 8.13. The number of nitrogens with one attached hydrogen (secondary N) is 2. The topological polar surface area (TPSA) is 41.1 Å². The van der Waals surface area contributed by atoms with Crippen molar-refractivity contribution in [1.29, 1.82) is 0 Å². The maximum Gasteiger partial charge on any atom is 0.234 e. The van der Waals surface area contributed by atoms with E-state index >= 15 is 0 Å². The average Bonchev–Trinajstić information content (AvgIpc) is 2.29. The molecule has 1 rings (SSSR count). The fraction of sp³-hybridized carbons (Fsp3) is 0.308. The first-order valence-electron chi connectivity index (χ1n) is 5.50. The first kappa shape index (κ1) is 13.9. The lowest BCUT2D eigenvalue weighted by molar-refractivity contribution is -0.120. The molecule has 1 atom stereocenters. The van der Waals surface area contributed by atoms with Crippen LogP contribution >= 0.6 is 15.9 Å². The molecule has 17 heavy (non-hydrogen) atoms. The van der Waals surface area contributed by atoms with Crippen LogP contribution in [0.2, 0.25) is 0 Å². The highest BCUT2D eigenvalue weighted by atomic mass is 79.9. The zero-order valence-corrected chi connectivity index (χ0v) is 11.5. The monoisotopic (exact) mass is 296 g/mol. The normalized spacial score (nSPS) is 11.9. The van der Waals surface area contributed by atoms with Crippen molar-refractivity contribution in [3.63, 3.8) is 0 Å². The SMILES string of the molecule is C=CCNCC(=O)NC(C)c1cccc(Br)c1. The van der Waals surface area contributed by atoms with Crippen molar-refractivity contribution in [2.45, 2.75) is 13.0 Å². The molecule has 0 aliphatic rings. The molecule has 0 aromatic heterocycles. The van der Waals surface area contributed by atoms with E-state index in [0.29, 0.717) is 13.1 Å². The molecule has 0 radical (unpaired) electrons. The highest BCUT2D eigenvalue weighted by Crippen LogP contribution is 2.17. The van der Waals surface area contributed by atoms with Crippen LogP contribution in [0.15, 0.2) is 41.4 Å². The number of hydrogen-bond acceptors (Lipinski definition) is 2. The number of halogens is 1. The predicted molar refractivity (Wildman–Crippen MR) is 73.8 cm³/mol. The summed E-state index contributed by atoms with van der Waals surface area (Å²) in [6, 6.07) is 7.92. The van der Waals surface area contributed by atoms with Crippen molar-refractivity contribution in [3.8, 4) is 0 Å². The summed E-state index contributed by atoms with van der Waals surface area (Å²) in [5, 5.41) is 5.89. The lowest BCUT2D eigenvalue weighted by atomic mass is 10.1. The van der Waals surface area contributed by atoms with E-state index in [1.165, 1.54) is 0 Å². The van der Waals surface area contributed by atoms with Crippen LogP contribution in [0.25, 0.3) is 0 Å². The van der Waals surface area contributed by atoms with E-state index in [2.05, 4.69) is 33.1 Å². The molecule has 1 amide bonds. The van der Waals surface area contributed by atoms with Gasteiger partial charge in [-0.05, 0) is 24.6 Å². The van der Waals surface area contributed by atoms with Crippen LogP contribution in [-0.2, 0) is 4.79 Å². The van der Waals surface area contributed by atoms with Crippen molar-refractivity contribution in [2.75, 3.05) is 13.1 Å². The van der Waals surface area contributed by atoms with Crippen LogP contribution < -0.4 is 10.6 Å². The molecule has 4 heteroatoms. The summed E-state index contributed by atoms with van der Waals surface area (Å²) >= 11 is 3.41. The number of hydrogen-bond donors (Lipinski definition) is 2. The third-order valence-electron chi connectivity index (χ3n) is 2.30. The van der Waals surface area contributed by atoms with E-state index in [1.807, 2.05) is 31.2 Å². The predicted octanol–water partition coefficient (Wildman–Crippen LogP) is 2.40. The lowest BCUT2D eigenvalue weighted by Gasteiger charge is -2.14. The van der Waals surface area contributed by atoms with Gasteiger partial charge in [-0.1, -0.05) is 34.1 Å². The van der Waals surface area contributed by atoms with Crippen molar-refractivity contribution >= 4 is 21.8 Å². The lowest BCUT2D eigenvalue weighted by Crippen LogP contribution is -2.35. The molecular weight excluding hydrogens is 280 g/mol. The molecule has 0 saturated carbocycles. The second-order valence-electron chi connectivity index (χ2n) is 3.76. The molecule has 1 unspecified atom stereocenters. The quantitative estimate of drug-likeness (QED) is 0.625. The Labute approximate surface area is 110 Å². The van der Waals surface area contributed by atoms with E-state index in [-0.39, 0.29) is 11.9 Å². The van der Waals surface area contributed by atoms with Gasteiger partial charge in [-0.3, -0.25) is 4.79 Å². The third kappa shape index (κ3) is 5.15. The van der Waals surface area contributed by atoms with E-state index < -0.39 is 0 Å². The number of amides is 1. The summed E-state index contributed by atoms with van der Waals surface area (Å²) in [4.78, 5) is 11.6. The Morgan fingerprint density at radius 1 is 1.59 bits per heavy atom. The van der Waals surface area contributed by atoms with Gasteiger partial charge in [0.2, 0.25) is 5.91 Å². The maximum absolute atomic E-state index is 11.6. The van der Waals surface area contributed by atoms with E-state index in [1.54, 1.807) is 6.08 Å². The molecule has 1 aromatic carbocycles. The van der Waals surface area contributed by atoms with Crippen LogP contribution in [0.3, 0.4) is 0 Å². The number of rotatable bonds is 6. The summed E-state index contributed by atoms with van der Waals surface area (Å²) in [5.41, 5.74) is 1.08. The number of benzene rings is 1. The standard InChI is InChI=1S/C13H17BrN2O/c1-3-7-15-9-13(17)16-10(2)11-5-4-6-12(14)8-11/h3-6,8,10,15H,1,7,9H2,2H3,(H,16,17). The average molecular weight is 297 g/mol. The van der Waals surface area contributed by atoms with Crippen molar-refractivity contribution in [1.82, 2.24) is 10.6 Å². The Bertz CT molecular complexity index is 393. The minimum atomic E-state index is -0.0145. The van der Waals surface area contributed by atoms with Crippen molar-refractivity contribution < 1.29 is 4.79 Å². The van der Waals surface area contributed by atoms with Gasteiger partial charge in [-0.2, -0.15) is 0 Å². The summed E-state index contributed by atoms with van der Waals surface area (Å²) in [7, 11) is 0. The first-order valence-corrected chi connectivity index (χ1v) is 6.29. The zero-order chi connectivity index (χ0) is 12.7. The van der Waals surface area contributed by atoms with Crippen LogP contribution in [0.1, 0.15) is 18.5 Å². The van der Waals surface area contributed by atoms with E-state index in [9.17, 15) is 4.79 Å². The van der Waals surface area contributed by atoms with Gasteiger partial charge in [0.25, 0.3) is 0 Å². The van der Waals surface area contributed by atoms with E-state index in [4.69, 9.17) is 0 Å². The molecule has 0 heterocycles. The second kappa shape index (κ2) is 7.25. The van der Waals surface area contributed by atoms with Crippen LogP contribution in [0.5, 0.6) is 0 Å². The smallest absolute Gasteiger partial charge is 0.234 e. The highest BCUT2D eigenvalue weighted by molar-refractivity contribution is 9.10. The van der Waals surface area contributed by atoms with Gasteiger partial charge >= 0.3 is 0 Å². The molecule has 1 aromatic rings. The van der Waals surface area contributed by atoms with Crippen LogP contribution in [0.4, 0.5) is 0 Å². The molecule has 3 nitrogen and oxygen atoms in total. The van der Waals surface area contributed by atoms with Gasteiger partial charge in [0.1, 0.15) is 0 Å². The summed E-state index contributed by atoms with van der Waals surface area (Å²) in [6.07, 6.45) is 1.73. The molecule has 2 N–H and O–H groups in total. The largest absolute Gasteiger partial charge is 0.348 e. The number of carbonyl (C=O) groups is 1. The highest BCUT2D eigenvalue weighted by Gasteiger charge is 2.08. The van der Waals surface area contributed by atoms with Crippen LogP contribution in [0, 0.1) is 0 Å². The molecule has 0 aliphatic heterocycles. The van der Waals surface area contributed by atoms with Crippen molar-refractivity contribution in [2.24, 2.45) is 0 Å². The summed E-state index contributed by atoms with van der Waals surface area (Å²) < 4.78 is 1.01. The Balaban J connectivity index is 2.45. The number of carbonyl (C=O) groups excluding carboxylic acids is 1. The fourth-order valence-corrected chi connectivity index (χ4v) is 1.86. The van der Waals surface area contributed by atoms with Gasteiger partial charge in [0.15, 0.2) is 0 Å². The minimum Gasteiger partial charge on any atom is -0.348 e. The Kier molecular flexibility index (Phi) is 5.94. The molecule has 0 fully saturated rings. The van der Waals surface area contributed by atoms with Crippen molar-refractivity contribution in [3.05, 3.63) is 47.0 Å². The molecule has 0 spiro atoms. The van der Waals surface area contributed by atoms with Gasteiger partial charge in [0, 0.05) is 11.0 Å². The van der Waals surface area contributed by atoms with Gasteiger partial charge in [0.05, 0.1) is 12.6 Å². The van der Waals surface area contributed by atoms with Gasteiger partial charge in [-0.25, -0.2) is 0 Å². The molecular formula is C13H17BrN2O. The molecule has 0 saturated heterocycles. The minimum absolute atomic E-state index is 0.00512.